The van der Waals surface area contributed by atoms with E-state index in [1.54, 1.807) is 0 Å². The van der Waals surface area contributed by atoms with Crippen LogP contribution in [0.2, 0.25) is 0 Å². The molecule has 1 atom stereocenters. The number of hydrogen-bond donors (Lipinski definition) is 1. The molecular weight excluding hydrogens is 354 g/mol. The molecule has 1 fully saturated rings. The maximum Gasteiger partial charge on any atom is 0.230 e. The van der Waals surface area contributed by atoms with Gasteiger partial charge in [-0.3, -0.25) is 4.79 Å². The minimum atomic E-state index is -0.0191. The van der Waals surface area contributed by atoms with Crippen molar-refractivity contribution in [1.29, 1.82) is 0 Å². The summed E-state index contributed by atoms with van der Waals surface area (Å²) in [5.74, 6) is 0.432. The second-order valence-electron chi connectivity index (χ2n) is 7.35. The molecule has 2 aromatic carbocycles. The Balaban J connectivity index is 1.39. The number of amides is 1. The monoisotopic (exact) mass is 379 g/mol. The summed E-state index contributed by atoms with van der Waals surface area (Å²) in [6.07, 6.45) is 2.44. The van der Waals surface area contributed by atoms with Crippen molar-refractivity contribution in [3.05, 3.63) is 59.4 Å². The van der Waals surface area contributed by atoms with Gasteiger partial charge in [0.15, 0.2) is 5.16 Å². The third kappa shape index (κ3) is 3.88. The molecule has 4 rings (SSSR count). The molecular formula is C22H25N3OS. The van der Waals surface area contributed by atoms with Crippen molar-refractivity contribution >= 4 is 28.4 Å². The minimum Gasteiger partial charge on any atom is -0.349 e. The van der Waals surface area contributed by atoms with Crippen LogP contribution in [-0.4, -0.2) is 21.2 Å². The van der Waals surface area contributed by atoms with E-state index < -0.39 is 0 Å². The van der Waals surface area contributed by atoms with Gasteiger partial charge >= 0.3 is 0 Å². The van der Waals surface area contributed by atoms with Crippen LogP contribution in [0.4, 0.5) is 0 Å². The fraction of sp³-hybridized carbons (Fsp3) is 0.364. The van der Waals surface area contributed by atoms with E-state index in [4.69, 9.17) is 0 Å². The number of aryl methyl sites for hydroxylation is 1. The van der Waals surface area contributed by atoms with Crippen LogP contribution in [0.15, 0.2) is 47.6 Å². The van der Waals surface area contributed by atoms with E-state index in [1.165, 1.54) is 41.1 Å². The molecule has 3 aromatic rings. The number of aromatic nitrogens is 2. The standard InChI is InChI=1S/C22H25N3OS/c1-14-16(3)25(20-10-11-20)22(24-14)27-13-21(26)23-15(2)18-9-8-17-6-4-5-7-19(17)12-18/h4-9,12,15,20H,10-11,13H2,1-3H3,(H,23,26)/t15-/m1/s1. The van der Waals surface area contributed by atoms with Gasteiger partial charge in [-0.15, -0.1) is 0 Å². The molecule has 0 bridgehead atoms. The van der Waals surface area contributed by atoms with E-state index in [0.717, 1.165) is 16.4 Å². The Morgan fingerprint density at radius 2 is 1.96 bits per heavy atom. The average Bonchev–Trinajstić information content (AvgIpc) is 3.46. The Morgan fingerprint density at radius 1 is 1.22 bits per heavy atom. The molecule has 1 N–H and O–H groups in total. The van der Waals surface area contributed by atoms with Crippen LogP contribution in [0.1, 0.15) is 48.8 Å². The van der Waals surface area contributed by atoms with Crippen molar-refractivity contribution in [2.45, 2.75) is 50.9 Å². The highest BCUT2D eigenvalue weighted by atomic mass is 32.2. The van der Waals surface area contributed by atoms with Crippen LogP contribution in [0, 0.1) is 13.8 Å². The number of carbonyl (C=O) groups excluding carboxylic acids is 1. The Morgan fingerprint density at radius 3 is 2.70 bits per heavy atom. The molecule has 0 radical (unpaired) electrons. The van der Waals surface area contributed by atoms with E-state index in [-0.39, 0.29) is 11.9 Å². The van der Waals surface area contributed by atoms with Crippen LogP contribution in [0.25, 0.3) is 10.8 Å². The van der Waals surface area contributed by atoms with Crippen molar-refractivity contribution in [3.8, 4) is 0 Å². The Kier molecular flexibility index (Phi) is 4.96. The number of rotatable bonds is 6. The average molecular weight is 380 g/mol. The molecule has 1 heterocycles. The Labute approximate surface area is 164 Å². The lowest BCUT2D eigenvalue weighted by Crippen LogP contribution is -2.28. The predicted octanol–water partition coefficient (Wildman–Crippen LogP) is 4.96. The molecule has 27 heavy (non-hydrogen) atoms. The van der Waals surface area contributed by atoms with Crippen LogP contribution in [0.5, 0.6) is 0 Å². The zero-order valence-corrected chi connectivity index (χ0v) is 16.8. The summed E-state index contributed by atoms with van der Waals surface area (Å²) in [5.41, 5.74) is 3.41. The van der Waals surface area contributed by atoms with Crippen molar-refractivity contribution in [1.82, 2.24) is 14.9 Å². The lowest BCUT2D eigenvalue weighted by molar-refractivity contribution is -0.119. The van der Waals surface area contributed by atoms with Gasteiger partial charge in [0, 0.05) is 11.7 Å². The summed E-state index contributed by atoms with van der Waals surface area (Å²) in [7, 11) is 0. The SMILES string of the molecule is Cc1nc(SCC(=O)N[C@H](C)c2ccc3ccccc3c2)n(C2CC2)c1C. The molecule has 0 spiro atoms. The summed E-state index contributed by atoms with van der Waals surface area (Å²) < 4.78 is 2.31. The first kappa shape index (κ1) is 18.1. The summed E-state index contributed by atoms with van der Waals surface area (Å²) >= 11 is 1.54. The first-order chi connectivity index (χ1) is 13.0. The van der Waals surface area contributed by atoms with Gasteiger partial charge < -0.3 is 9.88 Å². The number of thioether (sulfide) groups is 1. The fourth-order valence-electron chi connectivity index (χ4n) is 3.43. The molecule has 140 valence electrons. The second kappa shape index (κ2) is 7.39. The van der Waals surface area contributed by atoms with E-state index in [9.17, 15) is 4.79 Å². The zero-order valence-electron chi connectivity index (χ0n) is 16.0. The van der Waals surface area contributed by atoms with E-state index in [2.05, 4.69) is 52.1 Å². The zero-order chi connectivity index (χ0) is 19.0. The molecule has 1 saturated carbocycles. The number of carbonyl (C=O) groups is 1. The van der Waals surface area contributed by atoms with Crippen LogP contribution in [0.3, 0.4) is 0 Å². The number of fused-ring (bicyclic) bond motifs is 1. The first-order valence-electron chi connectivity index (χ1n) is 9.49. The summed E-state index contributed by atoms with van der Waals surface area (Å²) in [4.78, 5) is 17.1. The molecule has 0 unspecified atom stereocenters. The number of benzene rings is 2. The molecule has 0 aliphatic heterocycles. The third-order valence-electron chi connectivity index (χ3n) is 5.25. The normalized spacial score (nSPS) is 15.1. The Bertz CT molecular complexity index is 990. The van der Waals surface area contributed by atoms with Crippen LogP contribution < -0.4 is 5.32 Å². The molecule has 5 heteroatoms. The summed E-state index contributed by atoms with van der Waals surface area (Å²) in [6.45, 7) is 6.19. The molecule has 0 saturated heterocycles. The highest BCUT2D eigenvalue weighted by Crippen LogP contribution is 2.39. The third-order valence-corrected chi connectivity index (χ3v) is 6.20. The van der Waals surface area contributed by atoms with Gasteiger partial charge in [0.2, 0.25) is 5.91 Å². The number of hydrogen-bond acceptors (Lipinski definition) is 3. The maximum atomic E-state index is 12.5. The van der Waals surface area contributed by atoms with Crippen molar-refractivity contribution in [2.24, 2.45) is 0 Å². The van der Waals surface area contributed by atoms with Gasteiger partial charge in [-0.2, -0.15) is 0 Å². The molecule has 1 aliphatic rings. The quantitative estimate of drug-likeness (QED) is 0.616. The van der Waals surface area contributed by atoms with E-state index >= 15 is 0 Å². The van der Waals surface area contributed by atoms with Gasteiger partial charge in [-0.1, -0.05) is 48.2 Å². The van der Waals surface area contributed by atoms with Crippen molar-refractivity contribution < 1.29 is 4.79 Å². The molecule has 1 aromatic heterocycles. The lowest BCUT2D eigenvalue weighted by Gasteiger charge is -2.15. The molecule has 4 nitrogen and oxygen atoms in total. The maximum absolute atomic E-state index is 12.5. The van der Waals surface area contributed by atoms with E-state index in [0.29, 0.717) is 11.8 Å². The highest BCUT2D eigenvalue weighted by Gasteiger charge is 2.28. The predicted molar refractivity (Wildman–Crippen MR) is 111 cm³/mol. The highest BCUT2D eigenvalue weighted by molar-refractivity contribution is 7.99. The largest absolute Gasteiger partial charge is 0.349 e. The second-order valence-corrected chi connectivity index (χ2v) is 8.29. The molecule has 1 amide bonds. The number of nitrogens with one attached hydrogen (secondary N) is 1. The van der Waals surface area contributed by atoms with Crippen molar-refractivity contribution in [3.63, 3.8) is 0 Å². The van der Waals surface area contributed by atoms with Crippen molar-refractivity contribution in [2.75, 3.05) is 5.75 Å². The van der Waals surface area contributed by atoms with Crippen LogP contribution >= 0.6 is 11.8 Å². The summed E-state index contributed by atoms with van der Waals surface area (Å²) in [5, 5.41) is 6.51. The van der Waals surface area contributed by atoms with Crippen LogP contribution in [-0.2, 0) is 4.79 Å². The molecule has 1 aliphatic carbocycles. The minimum absolute atomic E-state index is 0.0191. The number of nitrogens with zero attached hydrogens (tertiary/aromatic N) is 2. The topological polar surface area (TPSA) is 46.9 Å². The summed E-state index contributed by atoms with van der Waals surface area (Å²) in [6, 6.07) is 15.2. The van der Waals surface area contributed by atoms with Gasteiger partial charge in [-0.05, 0) is 56.0 Å². The fourth-order valence-corrected chi connectivity index (χ4v) is 4.40. The van der Waals surface area contributed by atoms with Gasteiger partial charge in [-0.25, -0.2) is 4.98 Å². The lowest BCUT2D eigenvalue weighted by atomic mass is 10.0. The number of imidazole rings is 1. The Hall–Kier alpha value is -2.27. The van der Waals surface area contributed by atoms with Gasteiger partial charge in [0.05, 0.1) is 17.5 Å². The first-order valence-corrected chi connectivity index (χ1v) is 10.5. The smallest absolute Gasteiger partial charge is 0.230 e. The van der Waals surface area contributed by atoms with Gasteiger partial charge in [0.25, 0.3) is 0 Å². The van der Waals surface area contributed by atoms with Gasteiger partial charge in [0.1, 0.15) is 0 Å². The van der Waals surface area contributed by atoms with E-state index in [1.807, 2.05) is 26.0 Å².